The summed E-state index contributed by atoms with van der Waals surface area (Å²) in [6.45, 7) is 0. The first-order valence-electron chi connectivity index (χ1n) is 6.74. The Hall–Kier alpha value is -0.340. The third-order valence-corrected chi connectivity index (χ3v) is 4.44. The summed E-state index contributed by atoms with van der Waals surface area (Å²) in [6, 6.07) is 9.32. The van der Waals surface area contributed by atoms with Crippen molar-refractivity contribution >= 4 is 15.9 Å². The summed E-state index contributed by atoms with van der Waals surface area (Å²) in [7, 11) is 2.09. The summed E-state index contributed by atoms with van der Waals surface area (Å²) < 4.78 is 1.16. The van der Waals surface area contributed by atoms with E-state index in [4.69, 9.17) is 0 Å². The van der Waals surface area contributed by atoms with Gasteiger partial charge in [0.15, 0.2) is 0 Å². The average Bonchev–Trinajstić information content (AvgIpc) is 2.62. The van der Waals surface area contributed by atoms with Gasteiger partial charge in [-0.05, 0) is 43.5 Å². The fraction of sp³-hybridized carbons (Fsp3) is 0.600. The van der Waals surface area contributed by atoms with Gasteiger partial charge in [0.25, 0.3) is 0 Å². The van der Waals surface area contributed by atoms with E-state index in [2.05, 4.69) is 52.6 Å². The highest BCUT2D eigenvalue weighted by Gasteiger charge is 2.22. The molecule has 1 aliphatic rings. The first-order chi connectivity index (χ1) is 8.31. The molecule has 2 heteroatoms. The molecule has 1 fully saturated rings. The van der Waals surface area contributed by atoms with Crippen LogP contribution in [0.15, 0.2) is 28.7 Å². The van der Waals surface area contributed by atoms with Crippen molar-refractivity contribution in [1.82, 2.24) is 5.32 Å². The van der Waals surface area contributed by atoms with Crippen LogP contribution in [0.3, 0.4) is 0 Å². The van der Waals surface area contributed by atoms with Gasteiger partial charge in [-0.15, -0.1) is 0 Å². The lowest BCUT2D eigenvalue weighted by Crippen LogP contribution is -2.25. The third-order valence-electron chi connectivity index (χ3n) is 3.91. The molecule has 1 saturated carbocycles. The minimum absolute atomic E-state index is 0.529. The van der Waals surface area contributed by atoms with E-state index in [0.29, 0.717) is 6.04 Å². The summed E-state index contributed by atoms with van der Waals surface area (Å²) >= 11 is 3.50. The summed E-state index contributed by atoms with van der Waals surface area (Å²) in [5.74, 6) is 0.809. The molecule has 0 aromatic heterocycles. The smallest absolute Gasteiger partial charge is 0.0346 e. The number of rotatable bonds is 3. The van der Waals surface area contributed by atoms with E-state index in [-0.39, 0.29) is 0 Å². The zero-order valence-electron chi connectivity index (χ0n) is 10.6. The molecule has 0 aliphatic heterocycles. The Morgan fingerprint density at radius 3 is 2.18 bits per heavy atom. The highest BCUT2D eigenvalue weighted by atomic mass is 79.9. The number of nitrogens with one attached hydrogen (secondary N) is 1. The van der Waals surface area contributed by atoms with Crippen LogP contribution in [0, 0.1) is 5.92 Å². The van der Waals surface area contributed by atoms with Crippen LogP contribution in [-0.4, -0.2) is 7.05 Å². The van der Waals surface area contributed by atoms with E-state index >= 15 is 0 Å². The van der Waals surface area contributed by atoms with E-state index < -0.39 is 0 Å². The van der Waals surface area contributed by atoms with Gasteiger partial charge in [-0.1, -0.05) is 53.7 Å². The molecule has 0 heterocycles. The van der Waals surface area contributed by atoms with E-state index in [0.717, 1.165) is 10.4 Å². The lowest BCUT2D eigenvalue weighted by atomic mass is 9.87. The van der Waals surface area contributed by atoms with Gasteiger partial charge in [0, 0.05) is 10.5 Å². The summed E-state index contributed by atoms with van der Waals surface area (Å²) in [5.41, 5.74) is 1.43. The molecule has 1 N–H and O–H groups in total. The summed E-state index contributed by atoms with van der Waals surface area (Å²) in [5, 5.41) is 3.52. The molecule has 17 heavy (non-hydrogen) atoms. The van der Waals surface area contributed by atoms with Gasteiger partial charge in [0.2, 0.25) is 0 Å². The van der Waals surface area contributed by atoms with Crippen molar-refractivity contribution in [3.63, 3.8) is 0 Å². The highest BCUT2D eigenvalue weighted by Crippen LogP contribution is 2.33. The number of hydrogen-bond acceptors (Lipinski definition) is 1. The van der Waals surface area contributed by atoms with Crippen molar-refractivity contribution in [3.8, 4) is 0 Å². The molecule has 2 rings (SSSR count). The van der Waals surface area contributed by atoms with Crippen LogP contribution >= 0.6 is 15.9 Å². The third kappa shape index (κ3) is 3.56. The van der Waals surface area contributed by atoms with Crippen LogP contribution in [0.25, 0.3) is 0 Å². The van der Waals surface area contributed by atoms with Crippen LogP contribution in [0.2, 0.25) is 0 Å². The minimum Gasteiger partial charge on any atom is -0.313 e. The Bertz CT molecular complexity index is 325. The second-order valence-electron chi connectivity index (χ2n) is 5.07. The predicted octanol–water partition coefficient (Wildman–Crippen LogP) is 4.68. The summed E-state index contributed by atoms with van der Waals surface area (Å²) in [4.78, 5) is 0. The van der Waals surface area contributed by atoms with Crippen LogP contribution in [0.5, 0.6) is 0 Å². The fourth-order valence-corrected chi connectivity index (χ4v) is 3.25. The molecule has 0 bridgehead atoms. The van der Waals surface area contributed by atoms with Gasteiger partial charge in [-0.3, -0.25) is 0 Å². The van der Waals surface area contributed by atoms with Gasteiger partial charge in [0.05, 0.1) is 0 Å². The van der Waals surface area contributed by atoms with Gasteiger partial charge < -0.3 is 5.32 Å². The number of halogens is 1. The highest BCUT2D eigenvalue weighted by molar-refractivity contribution is 9.10. The second kappa shape index (κ2) is 6.55. The van der Waals surface area contributed by atoms with Gasteiger partial charge in [-0.2, -0.15) is 0 Å². The molecule has 1 aliphatic carbocycles. The Labute approximate surface area is 113 Å². The lowest BCUT2D eigenvalue weighted by molar-refractivity contribution is 0.341. The maximum absolute atomic E-state index is 3.52. The molecule has 0 radical (unpaired) electrons. The molecule has 1 atom stereocenters. The van der Waals surface area contributed by atoms with Crippen molar-refractivity contribution in [2.75, 3.05) is 7.05 Å². The standard InChI is InChI=1S/C15H22BrN/c1-17-15(12-6-4-2-3-5-7-12)13-8-10-14(16)11-9-13/h8-12,15,17H,2-7H2,1H3. The molecule has 1 unspecified atom stereocenters. The maximum Gasteiger partial charge on any atom is 0.0346 e. The zero-order valence-corrected chi connectivity index (χ0v) is 12.2. The van der Waals surface area contributed by atoms with E-state index in [9.17, 15) is 0 Å². The van der Waals surface area contributed by atoms with Crippen molar-refractivity contribution < 1.29 is 0 Å². The minimum atomic E-state index is 0.529. The molecule has 0 amide bonds. The second-order valence-corrected chi connectivity index (χ2v) is 5.99. The quantitative estimate of drug-likeness (QED) is 0.799. The van der Waals surface area contributed by atoms with Crippen molar-refractivity contribution in [3.05, 3.63) is 34.3 Å². The number of benzene rings is 1. The first kappa shape index (κ1) is 13.1. The van der Waals surface area contributed by atoms with Crippen molar-refractivity contribution in [1.29, 1.82) is 0 Å². The molecule has 0 saturated heterocycles. The Kier molecular flexibility index (Phi) is 5.05. The van der Waals surface area contributed by atoms with Crippen LogP contribution in [0.4, 0.5) is 0 Å². The Balaban J connectivity index is 2.11. The van der Waals surface area contributed by atoms with Gasteiger partial charge in [0.1, 0.15) is 0 Å². The van der Waals surface area contributed by atoms with Crippen LogP contribution in [0.1, 0.15) is 50.1 Å². The molecular formula is C15H22BrN. The Morgan fingerprint density at radius 2 is 1.65 bits per heavy atom. The zero-order chi connectivity index (χ0) is 12.1. The van der Waals surface area contributed by atoms with Gasteiger partial charge >= 0.3 is 0 Å². The lowest BCUT2D eigenvalue weighted by Gasteiger charge is -2.26. The number of hydrogen-bond donors (Lipinski definition) is 1. The predicted molar refractivity (Wildman–Crippen MR) is 77.1 cm³/mol. The van der Waals surface area contributed by atoms with Crippen LogP contribution < -0.4 is 5.32 Å². The van der Waals surface area contributed by atoms with E-state index in [1.807, 2.05) is 0 Å². The van der Waals surface area contributed by atoms with Crippen molar-refractivity contribution in [2.45, 2.75) is 44.6 Å². The molecule has 94 valence electrons. The fourth-order valence-electron chi connectivity index (χ4n) is 2.99. The Morgan fingerprint density at radius 1 is 1.06 bits per heavy atom. The summed E-state index contributed by atoms with van der Waals surface area (Å²) in [6.07, 6.45) is 8.41. The van der Waals surface area contributed by atoms with Crippen molar-refractivity contribution in [2.24, 2.45) is 5.92 Å². The molecule has 0 spiro atoms. The molecule has 1 aromatic carbocycles. The van der Waals surface area contributed by atoms with E-state index in [1.54, 1.807) is 0 Å². The maximum atomic E-state index is 3.52. The SMILES string of the molecule is CNC(c1ccc(Br)cc1)C1CCCCCC1. The van der Waals surface area contributed by atoms with Crippen LogP contribution in [-0.2, 0) is 0 Å². The largest absolute Gasteiger partial charge is 0.313 e. The average molecular weight is 296 g/mol. The molecule has 1 aromatic rings. The van der Waals surface area contributed by atoms with Gasteiger partial charge in [-0.25, -0.2) is 0 Å². The monoisotopic (exact) mass is 295 g/mol. The first-order valence-corrected chi connectivity index (χ1v) is 7.53. The van der Waals surface area contributed by atoms with E-state index in [1.165, 1.54) is 44.1 Å². The normalized spacial score (nSPS) is 19.9. The topological polar surface area (TPSA) is 12.0 Å². The molecular weight excluding hydrogens is 274 g/mol. The molecule has 1 nitrogen and oxygen atoms in total.